The molecule has 0 amide bonds. The Hall–Kier alpha value is -1.39. The van der Waals surface area contributed by atoms with Gasteiger partial charge in [0.05, 0.1) is 18.1 Å². The number of hydrogen-bond acceptors (Lipinski definition) is 4. The second-order valence-corrected chi connectivity index (χ2v) is 5.42. The lowest BCUT2D eigenvalue weighted by atomic mass is 9.84. The van der Waals surface area contributed by atoms with Crippen molar-refractivity contribution in [2.75, 3.05) is 0 Å². The average Bonchev–Trinajstić information content (AvgIpc) is 2.60. The maximum Gasteiger partial charge on any atom is 0.334 e. The van der Waals surface area contributed by atoms with E-state index in [0.29, 0.717) is 30.4 Å². The second kappa shape index (κ2) is 5.31. The molecule has 0 spiro atoms. The summed E-state index contributed by atoms with van der Waals surface area (Å²) in [6.45, 7) is 9.47. The molecular formula is C15H20O4. The van der Waals surface area contributed by atoms with Crippen molar-refractivity contribution >= 4 is 5.97 Å². The first-order valence-corrected chi connectivity index (χ1v) is 6.51. The Morgan fingerprint density at radius 3 is 2.74 bits per heavy atom. The van der Waals surface area contributed by atoms with Gasteiger partial charge in [-0.25, -0.2) is 4.79 Å². The zero-order valence-electron chi connectivity index (χ0n) is 11.1. The summed E-state index contributed by atoms with van der Waals surface area (Å²) in [5, 5.41) is 20.2. The number of esters is 1. The van der Waals surface area contributed by atoms with Crippen LogP contribution >= 0.6 is 0 Å². The normalized spacial score (nSPS) is 39.3. The highest BCUT2D eigenvalue weighted by atomic mass is 16.6. The molecule has 0 unspecified atom stereocenters. The Balaban J connectivity index is 2.33. The van der Waals surface area contributed by atoms with Crippen molar-refractivity contribution in [3.8, 4) is 0 Å². The van der Waals surface area contributed by atoms with Gasteiger partial charge < -0.3 is 14.9 Å². The molecule has 4 atom stereocenters. The van der Waals surface area contributed by atoms with E-state index in [1.165, 1.54) is 0 Å². The Bertz CT molecular complexity index is 449. The number of carbonyl (C=O) groups excluding carboxylic acids is 1. The SMILES string of the molecule is C=C1C(=O)O[C@@H]2CC(=C)[C@H](O)CC/C(C)=C/[C@@H](O)[C@@H]12. The van der Waals surface area contributed by atoms with E-state index in [9.17, 15) is 15.0 Å². The van der Waals surface area contributed by atoms with Crippen LogP contribution in [-0.2, 0) is 9.53 Å². The lowest BCUT2D eigenvalue weighted by molar-refractivity contribution is -0.139. The zero-order valence-corrected chi connectivity index (χ0v) is 11.1. The summed E-state index contributed by atoms with van der Waals surface area (Å²) in [5.41, 5.74) is 1.91. The fraction of sp³-hybridized carbons (Fsp3) is 0.533. The number of ether oxygens (including phenoxy) is 1. The Morgan fingerprint density at radius 2 is 2.05 bits per heavy atom. The molecule has 1 fully saturated rings. The van der Waals surface area contributed by atoms with Crippen LogP contribution in [0.25, 0.3) is 0 Å². The van der Waals surface area contributed by atoms with E-state index in [1.807, 2.05) is 6.92 Å². The first-order chi connectivity index (χ1) is 8.90. The molecule has 104 valence electrons. The molecule has 1 saturated heterocycles. The van der Waals surface area contributed by atoms with E-state index in [4.69, 9.17) is 4.74 Å². The standard InChI is InChI=1S/C15H20O4/c1-8-4-5-11(16)9(2)7-13-14(12(17)6-8)10(3)15(18)19-13/h6,11-14,16-17H,2-5,7H2,1H3/b8-6+/t11-,12-,13-,14-/m1/s1. The predicted octanol–water partition coefficient (Wildman–Crippen LogP) is 1.49. The van der Waals surface area contributed by atoms with E-state index in [-0.39, 0.29) is 0 Å². The third-order valence-corrected chi connectivity index (χ3v) is 3.89. The molecule has 0 saturated carbocycles. The van der Waals surface area contributed by atoms with Gasteiger partial charge >= 0.3 is 5.97 Å². The van der Waals surface area contributed by atoms with Crippen molar-refractivity contribution in [2.45, 2.75) is 44.5 Å². The van der Waals surface area contributed by atoms with Crippen LogP contribution in [0.3, 0.4) is 0 Å². The van der Waals surface area contributed by atoms with Crippen LogP contribution in [0.1, 0.15) is 26.2 Å². The molecule has 4 heteroatoms. The van der Waals surface area contributed by atoms with Gasteiger partial charge in [-0.3, -0.25) is 0 Å². The smallest absolute Gasteiger partial charge is 0.334 e. The van der Waals surface area contributed by atoms with Gasteiger partial charge in [-0.15, -0.1) is 0 Å². The number of aliphatic hydroxyl groups excluding tert-OH is 2. The van der Waals surface area contributed by atoms with Gasteiger partial charge in [-0.2, -0.15) is 0 Å². The van der Waals surface area contributed by atoms with Crippen LogP contribution in [0, 0.1) is 5.92 Å². The van der Waals surface area contributed by atoms with Crippen molar-refractivity contribution in [2.24, 2.45) is 5.92 Å². The highest BCUT2D eigenvalue weighted by molar-refractivity contribution is 5.91. The molecule has 0 aromatic carbocycles. The lowest BCUT2D eigenvalue weighted by Gasteiger charge is -2.25. The summed E-state index contributed by atoms with van der Waals surface area (Å²) in [5.74, 6) is -0.925. The molecule has 2 aliphatic rings. The molecular weight excluding hydrogens is 244 g/mol. The molecule has 19 heavy (non-hydrogen) atoms. The molecule has 1 heterocycles. The quantitative estimate of drug-likeness (QED) is 0.395. The number of carbonyl (C=O) groups is 1. The molecule has 0 aromatic heterocycles. The highest BCUT2D eigenvalue weighted by Gasteiger charge is 2.42. The van der Waals surface area contributed by atoms with Crippen LogP contribution in [-0.4, -0.2) is 34.5 Å². The van der Waals surface area contributed by atoms with E-state index < -0.39 is 30.2 Å². The van der Waals surface area contributed by atoms with Gasteiger partial charge in [0.1, 0.15) is 6.10 Å². The van der Waals surface area contributed by atoms with E-state index in [2.05, 4.69) is 13.2 Å². The van der Waals surface area contributed by atoms with Gasteiger partial charge in [-0.1, -0.05) is 24.8 Å². The molecule has 0 aromatic rings. The third kappa shape index (κ3) is 2.80. The monoisotopic (exact) mass is 264 g/mol. The Kier molecular flexibility index (Phi) is 3.92. The molecule has 1 aliphatic heterocycles. The van der Waals surface area contributed by atoms with Crippen molar-refractivity contribution in [3.63, 3.8) is 0 Å². The Morgan fingerprint density at radius 1 is 1.37 bits per heavy atom. The minimum atomic E-state index is -0.785. The van der Waals surface area contributed by atoms with E-state index in [1.54, 1.807) is 6.08 Å². The van der Waals surface area contributed by atoms with E-state index in [0.717, 1.165) is 5.57 Å². The number of fused-ring (bicyclic) bond motifs is 1. The molecule has 0 bridgehead atoms. The fourth-order valence-electron chi connectivity index (χ4n) is 2.68. The summed E-state index contributed by atoms with van der Waals surface area (Å²) in [6, 6.07) is 0. The highest BCUT2D eigenvalue weighted by Crippen LogP contribution is 2.35. The maximum atomic E-state index is 11.6. The number of hydrogen-bond donors (Lipinski definition) is 2. The summed E-state index contributed by atoms with van der Waals surface area (Å²) < 4.78 is 5.23. The number of aliphatic hydroxyl groups is 2. The van der Waals surface area contributed by atoms with Gasteiger partial charge in [0, 0.05) is 12.0 Å². The summed E-state index contributed by atoms with van der Waals surface area (Å²) in [7, 11) is 0. The largest absolute Gasteiger partial charge is 0.458 e. The maximum absolute atomic E-state index is 11.6. The average molecular weight is 264 g/mol. The molecule has 4 nitrogen and oxygen atoms in total. The van der Waals surface area contributed by atoms with Crippen molar-refractivity contribution < 1.29 is 19.7 Å². The molecule has 0 radical (unpaired) electrons. The molecule has 2 rings (SSSR count). The fourth-order valence-corrected chi connectivity index (χ4v) is 2.68. The second-order valence-electron chi connectivity index (χ2n) is 5.42. The first kappa shape index (κ1) is 14.0. The van der Waals surface area contributed by atoms with E-state index >= 15 is 0 Å². The van der Waals surface area contributed by atoms with Gasteiger partial charge in [0.15, 0.2) is 0 Å². The topological polar surface area (TPSA) is 66.8 Å². The minimum absolute atomic E-state index is 0.296. The minimum Gasteiger partial charge on any atom is -0.458 e. The Labute approximate surface area is 113 Å². The molecule has 1 aliphatic carbocycles. The predicted molar refractivity (Wildman–Crippen MR) is 71.3 cm³/mol. The zero-order chi connectivity index (χ0) is 14.2. The summed E-state index contributed by atoms with van der Waals surface area (Å²) >= 11 is 0. The number of rotatable bonds is 0. The van der Waals surface area contributed by atoms with Crippen molar-refractivity contribution in [1.29, 1.82) is 0 Å². The summed E-state index contributed by atoms with van der Waals surface area (Å²) in [6.07, 6.45) is 1.47. The van der Waals surface area contributed by atoms with Crippen LogP contribution in [0.5, 0.6) is 0 Å². The van der Waals surface area contributed by atoms with Crippen LogP contribution < -0.4 is 0 Å². The van der Waals surface area contributed by atoms with Crippen molar-refractivity contribution in [3.05, 3.63) is 36.0 Å². The summed E-state index contributed by atoms with van der Waals surface area (Å²) in [4.78, 5) is 11.6. The van der Waals surface area contributed by atoms with Gasteiger partial charge in [0.25, 0.3) is 0 Å². The lowest BCUT2D eigenvalue weighted by Crippen LogP contribution is -2.30. The molecule has 2 N–H and O–H groups in total. The number of allylic oxidation sites excluding steroid dienone is 1. The van der Waals surface area contributed by atoms with Crippen LogP contribution in [0.15, 0.2) is 36.0 Å². The van der Waals surface area contributed by atoms with Crippen LogP contribution in [0.2, 0.25) is 0 Å². The van der Waals surface area contributed by atoms with Crippen molar-refractivity contribution in [1.82, 2.24) is 0 Å². The first-order valence-electron chi connectivity index (χ1n) is 6.51. The van der Waals surface area contributed by atoms with Gasteiger partial charge in [-0.05, 0) is 25.3 Å². The van der Waals surface area contributed by atoms with Crippen LogP contribution in [0.4, 0.5) is 0 Å². The third-order valence-electron chi connectivity index (χ3n) is 3.89. The van der Waals surface area contributed by atoms with Gasteiger partial charge in [0.2, 0.25) is 0 Å².